The lowest BCUT2D eigenvalue weighted by Crippen LogP contribution is -2.11. The van der Waals surface area contributed by atoms with Gasteiger partial charge in [-0.15, -0.1) is 0 Å². The average molecular weight is 351 g/mol. The van der Waals surface area contributed by atoms with E-state index >= 15 is 0 Å². The average Bonchev–Trinajstić information content (AvgIpc) is 2.46. The van der Waals surface area contributed by atoms with Crippen LogP contribution in [-0.2, 0) is 6.42 Å². The van der Waals surface area contributed by atoms with Gasteiger partial charge in [0.25, 0.3) is 0 Å². The molecule has 1 aromatic carbocycles. The number of hydrazine groups is 1. The number of anilines is 1. The lowest BCUT2D eigenvalue weighted by Gasteiger charge is -2.11. The van der Waals surface area contributed by atoms with Gasteiger partial charge in [0.1, 0.15) is 11.6 Å². The maximum Gasteiger partial charge on any atom is 0.163 e. The molecule has 0 atom stereocenters. The van der Waals surface area contributed by atoms with Gasteiger partial charge in [-0.2, -0.15) is 0 Å². The third-order valence-corrected chi connectivity index (χ3v) is 3.65. The number of halogens is 1. The standard InChI is InChI=1S/C15H19BrN4O/c1-9(2)6-10-7-14(20-17)19-15(18-10)12-8-11(21-3)4-5-13(12)16/h4-5,7-9H,6,17H2,1-3H3,(H,18,19,20). The zero-order chi connectivity index (χ0) is 15.4. The molecule has 0 fully saturated rings. The van der Waals surface area contributed by atoms with Crippen molar-refractivity contribution in [2.45, 2.75) is 20.3 Å². The molecule has 0 saturated heterocycles. The third-order valence-electron chi connectivity index (χ3n) is 2.96. The Hall–Kier alpha value is -1.66. The van der Waals surface area contributed by atoms with Crippen molar-refractivity contribution in [3.63, 3.8) is 0 Å². The number of aromatic nitrogens is 2. The van der Waals surface area contributed by atoms with E-state index in [1.807, 2.05) is 24.3 Å². The molecule has 1 heterocycles. The molecule has 112 valence electrons. The Balaban J connectivity index is 2.51. The largest absolute Gasteiger partial charge is 0.497 e. The highest BCUT2D eigenvalue weighted by Gasteiger charge is 2.12. The van der Waals surface area contributed by atoms with Crippen LogP contribution in [0.15, 0.2) is 28.7 Å². The first-order valence-electron chi connectivity index (χ1n) is 6.72. The Kier molecular flexibility index (Phi) is 5.14. The second-order valence-electron chi connectivity index (χ2n) is 5.16. The number of hydrogen-bond donors (Lipinski definition) is 2. The zero-order valence-electron chi connectivity index (χ0n) is 12.4. The van der Waals surface area contributed by atoms with Gasteiger partial charge in [0.2, 0.25) is 0 Å². The topological polar surface area (TPSA) is 73.1 Å². The highest BCUT2D eigenvalue weighted by atomic mass is 79.9. The van der Waals surface area contributed by atoms with E-state index in [2.05, 4.69) is 45.2 Å². The third kappa shape index (κ3) is 3.92. The molecule has 0 radical (unpaired) electrons. The Morgan fingerprint density at radius 3 is 2.67 bits per heavy atom. The molecule has 0 aliphatic rings. The summed E-state index contributed by atoms with van der Waals surface area (Å²) in [6.07, 6.45) is 0.867. The zero-order valence-corrected chi connectivity index (χ0v) is 13.9. The summed E-state index contributed by atoms with van der Waals surface area (Å²) >= 11 is 3.53. The molecule has 0 aliphatic carbocycles. The fourth-order valence-corrected chi connectivity index (χ4v) is 2.44. The number of methoxy groups -OCH3 is 1. The van der Waals surface area contributed by atoms with Crippen molar-refractivity contribution < 1.29 is 4.74 Å². The number of hydrogen-bond acceptors (Lipinski definition) is 5. The maximum absolute atomic E-state index is 5.51. The second kappa shape index (κ2) is 6.87. The quantitative estimate of drug-likeness (QED) is 0.638. The van der Waals surface area contributed by atoms with Crippen molar-refractivity contribution in [3.8, 4) is 17.1 Å². The monoisotopic (exact) mass is 350 g/mol. The molecule has 21 heavy (non-hydrogen) atoms. The first-order valence-corrected chi connectivity index (χ1v) is 7.51. The molecule has 5 nitrogen and oxygen atoms in total. The van der Waals surface area contributed by atoms with E-state index in [0.29, 0.717) is 17.6 Å². The van der Waals surface area contributed by atoms with Crippen molar-refractivity contribution in [1.29, 1.82) is 0 Å². The molecular weight excluding hydrogens is 332 g/mol. The van der Waals surface area contributed by atoms with Crippen LogP contribution in [0.2, 0.25) is 0 Å². The van der Waals surface area contributed by atoms with Gasteiger partial charge in [-0.05, 0) is 30.5 Å². The van der Waals surface area contributed by atoms with Crippen LogP contribution in [0.4, 0.5) is 5.82 Å². The minimum Gasteiger partial charge on any atom is -0.497 e. The van der Waals surface area contributed by atoms with Crippen LogP contribution >= 0.6 is 15.9 Å². The lowest BCUT2D eigenvalue weighted by atomic mass is 10.1. The van der Waals surface area contributed by atoms with Gasteiger partial charge in [-0.3, -0.25) is 0 Å². The SMILES string of the molecule is COc1ccc(Br)c(-c2nc(CC(C)C)cc(NN)n2)c1. The number of nitrogens with one attached hydrogen (secondary N) is 1. The van der Waals surface area contributed by atoms with Gasteiger partial charge < -0.3 is 10.2 Å². The van der Waals surface area contributed by atoms with Crippen LogP contribution in [0.3, 0.4) is 0 Å². The van der Waals surface area contributed by atoms with E-state index in [9.17, 15) is 0 Å². The van der Waals surface area contributed by atoms with Crippen LogP contribution in [0.1, 0.15) is 19.5 Å². The number of nitrogens with two attached hydrogens (primary N) is 1. The smallest absolute Gasteiger partial charge is 0.163 e. The fraction of sp³-hybridized carbons (Fsp3) is 0.333. The molecule has 0 unspecified atom stereocenters. The van der Waals surface area contributed by atoms with Gasteiger partial charge in [0.05, 0.1) is 7.11 Å². The van der Waals surface area contributed by atoms with Gasteiger partial charge in [-0.1, -0.05) is 29.8 Å². The van der Waals surface area contributed by atoms with Crippen LogP contribution in [0, 0.1) is 5.92 Å². The Morgan fingerprint density at radius 1 is 1.29 bits per heavy atom. The summed E-state index contributed by atoms with van der Waals surface area (Å²) in [6, 6.07) is 7.58. The van der Waals surface area contributed by atoms with Gasteiger partial charge >= 0.3 is 0 Å². The number of nitrogens with zero attached hydrogens (tertiary/aromatic N) is 2. The lowest BCUT2D eigenvalue weighted by molar-refractivity contribution is 0.415. The highest BCUT2D eigenvalue weighted by molar-refractivity contribution is 9.10. The molecular formula is C15H19BrN4O. The molecule has 0 amide bonds. The van der Waals surface area contributed by atoms with E-state index in [-0.39, 0.29) is 0 Å². The van der Waals surface area contributed by atoms with Crippen LogP contribution in [0.25, 0.3) is 11.4 Å². The van der Waals surface area contributed by atoms with Crippen molar-refractivity contribution in [1.82, 2.24) is 9.97 Å². The van der Waals surface area contributed by atoms with Gasteiger partial charge in [0.15, 0.2) is 5.82 Å². The Labute approximate surface area is 133 Å². The predicted octanol–water partition coefficient (Wildman–Crippen LogP) is 3.40. The van der Waals surface area contributed by atoms with E-state index in [0.717, 1.165) is 27.9 Å². The van der Waals surface area contributed by atoms with Gasteiger partial charge in [-0.25, -0.2) is 15.8 Å². The van der Waals surface area contributed by atoms with Crippen molar-refractivity contribution in [2.75, 3.05) is 12.5 Å². The van der Waals surface area contributed by atoms with Crippen LogP contribution in [-0.4, -0.2) is 17.1 Å². The van der Waals surface area contributed by atoms with Crippen molar-refractivity contribution >= 4 is 21.7 Å². The predicted molar refractivity (Wildman–Crippen MR) is 88.1 cm³/mol. The first kappa shape index (κ1) is 15.7. The first-order chi connectivity index (χ1) is 10.0. The number of benzene rings is 1. The summed E-state index contributed by atoms with van der Waals surface area (Å²) in [6.45, 7) is 4.30. The molecule has 2 rings (SSSR count). The minimum absolute atomic E-state index is 0.507. The molecule has 2 aromatic rings. The molecule has 0 spiro atoms. The molecule has 0 bridgehead atoms. The summed E-state index contributed by atoms with van der Waals surface area (Å²) in [4.78, 5) is 9.07. The van der Waals surface area contributed by atoms with Gasteiger partial charge in [0, 0.05) is 21.8 Å². The van der Waals surface area contributed by atoms with E-state index in [1.54, 1.807) is 7.11 Å². The molecule has 0 saturated carbocycles. The van der Waals surface area contributed by atoms with Crippen LogP contribution < -0.4 is 16.0 Å². The molecule has 6 heteroatoms. The summed E-state index contributed by atoms with van der Waals surface area (Å²) in [5.41, 5.74) is 4.43. The number of nitrogen functional groups attached to an aromatic ring is 1. The number of rotatable bonds is 5. The summed E-state index contributed by atoms with van der Waals surface area (Å²) in [5.74, 6) is 8.00. The van der Waals surface area contributed by atoms with Crippen molar-refractivity contribution in [3.05, 3.63) is 34.4 Å². The molecule has 0 aliphatic heterocycles. The number of ether oxygens (including phenoxy) is 1. The second-order valence-corrected chi connectivity index (χ2v) is 6.01. The molecule has 3 N–H and O–H groups in total. The molecule has 1 aromatic heterocycles. The van der Waals surface area contributed by atoms with E-state index in [1.165, 1.54) is 0 Å². The summed E-state index contributed by atoms with van der Waals surface area (Å²) in [7, 11) is 1.63. The van der Waals surface area contributed by atoms with E-state index < -0.39 is 0 Å². The minimum atomic E-state index is 0.507. The fourth-order valence-electron chi connectivity index (χ4n) is 2.02. The van der Waals surface area contributed by atoms with E-state index in [4.69, 9.17) is 10.6 Å². The highest BCUT2D eigenvalue weighted by Crippen LogP contribution is 2.30. The van der Waals surface area contributed by atoms with Crippen LogP contribution in [0.5, 0.6) is 5.75 Å². The maximum atomic E-state index is 5.51. The Morgan fingerprint density at radius 2 is 2.05 bits per heavy atom. The Bertz CT molecular complexity index is 631. The normalized spacial score (nSPS) is 10.8. The summed E-state index contributed by atoms with van der Waals surface area (Å²) in [5, 5.41) is 0. The summed E-state index contributed by atoms with van der Waals surface area (Å²) < 4.78 is 6.18. The van der Waals surface area contributed by atoms with Crippen molar-refractivity contribution in [2.24, 2.45) is 11.8 Å².